The van der Waals surface area contributed by atoms with E-state index < -0.39 is 10.0 Å². The third-order valence-electron chi connectivity index (χ3n) is 4.33. The summed E-state index contributed by atoms with van der Waals surface area (Å²) in [6, 6.07) is 3.26. The molecule has 25 heavy (non-hydrogen) atoms. The first-order valence-corrected chi connectivity index (χ1v) is 11.1. The van der Waals surface area contributed by atoms with Gasteiger partial charge in [0, 0.05) is 29.1 Å². The van der Waals surface area contributed by atoms with E-state index in [9.17, 15) is 8.42 Å². The van der Waals surface area contributed by atoms with Gasteiger partial charge < -0.3 is 4.52 Å². The highest BCUT2D eigenvalue weighted by molar-refractivity contribution is 7.89. The Hall–Kier alpha value is -1.55. The van der Waals surface area contributed by atoms with E-state index in [1.54, 1.807) is 28.8 Å². The van der Waals surface area contributed by atoms with Crippen LogP contribution in [0, 0.1) is 6.92 Å². The number of sulfonamides is 1. The van der Waals surface area contributed by atoms with E-state index in [-0.39, 0.29) is 6.04 Å². The zero-order valence-electron chi connectivity index (χ0n) is 13.6. The zero-order valence-corrected chi connectivity index (χ0v) is 16.0. The summed E-state index contributed by atoms with van der Waals surface area (Å²) < 4.78 is 33.5. The maximum Gasteiger partial charge on any atom is 0.244 e. The molecule has 1 fully saturated rings. The van der Waals surface area contributed by atoms with Crippen molar-refractivity contribution in [3.63, 3.8) is 0 Å². The molecule has 0 amide bonds. The molecule has 1 unspecified atom stereocenters. The van der Waals surface area contributed by atoms with Gasteiger partial charge in [-0.1, -0.05) is 11.6 Å². The van der Waals surface area contributed by atoms with Gasteiger partial charge in [-0.2, -0.15) is 4.31 Å². The molecule has 4 heterocycles. The molecular formula is C16H17N3O3S3. The van der Waals surface area contributed by atoms with Gasteiger partial charge in [0.1, 0.15) is 5.01 Å². The van der Waals surface area contributed by atoms with Gasteiger partial charge in [0.05, 0.1) is 22.0 Å². The Kier molecular flexibility index (Phi) is 4.48. The van der Waals surface area contributed by atoms with Crippen LogP contribution in [0.4, 0.5) is 0 Å². The van der Waals surface area contributed by atoms with Gasteiger partial charge in [-0.15, -0.1) is 22.7 Å². The quantitative estimate of drug-likeness (QED) is 0.665. The minimum Gasteiger partial charge on any atom is -0.355 e. The Bertz CT molecular complexity index is 946. The summed E-state index contributed by atoms with van der Waals surface area (Å²) in [6.07, 6.45) is 5.99. The molecule has 0 saturated carbocycles. The molecule has 4 rings (SSSR count). The topological polar surface area (TPSA) is 76.3 Å². The van der Waals surface area contributed by atoms with E-state index >= 15 is 0 Å². The van der Waals surface area contributed by atoms with Gasteiger partial charge in [-0.25, -0.2) is 13.4 Å². The SMILES string of the molecule is Cc1sc(-c2ccno2)cc1S(=O)(=O)N1CCCCC1c1nccs1. The number of aromatic nitrogens is 2. The average molecular weight is 396 g/mol. The number of hydrogen-bond acceptors (Lipinski definition) is 7. The predicted molar refractivity (Wildman–Crippen MR) is 97.2 cm³/mol. The molecule has 9 heteroatoms. The maximum absolute atomic E-state index is 13.4. The minimum absolute atomic E-state index is 0.174. The lowest BCUT2D eigenvalue weighted by Crippen LogP contribution is -2.38. The molecule has 132 valence electrons. The monoisotopic (exact) mass is 395 g/mol. The molecule has 0 spiro atoms. The van der Waals surface area contributed by atoms with Crippen LogP contribution >= 0.6 is 22.7 Å². The van der Waals surface area contributed by atoms with Crippen molar-refractivity contribution in [1.82, 2.24) is 14.4 Å². The van der Waals surface area contributed by atoms with E-state index in [4.69, 9.17) is 4.52 Å². The van der Waals surface area contributed by atoms with E-state index in [1.807, 2.05) is 12.3 Å². The molecule has 1 aliphatic rings. The normalized spacial score (nSPS) is 19.3. The van der Waals surface area contributed by atoms with Gasteiger partial charge in [0.25, 0.3) is 0 Å². The van der Waals surface area contributed by atoms with Crippen molar-refractivity contribution in [3.8, 4) is 10.6 Å². The third kappa shape index (κ3) is 3.05. The van der Waals surface area contributed by atoms with Gasteiger partial charge in [-0.3, -0.25) is 0 Å². The summed E-state index contributed by atoms with van der Waals surface area (Å²) in [6.45, 7) is 2.36. The largest absolute Gasteiger partial charge is 0.355 e. The second-order valence-corrected chi connectivity index (χ2v) is 9.95. The number of rotatable bonds is 4. The van der Waals surface area contributed by atoms with Crippen molar-refractivity contribution in [2.45, 2.75) is 37.1 Å². The van der Waals surface area contributed by atoms with Gasteiger partial charge in [0.15, 0.2) is 5.76 Å². The molecule has 3 aromatic heterocycles. The molecule has 1 atom stereocenters. The highest BCUT2D eigenvalue weighted by Crippen LogP contribution is 2.40. The molecule has 3 aromatic rings. The molecule has 1 aliphatic heterocycles. The van der Waals surface area contributed by atoms with Gasteiger partial charge in [-0.05, 0) is 25.8 Å². The van der Waals surface area contributed by atoms with Crippen LogP contribution < -0.4 is 0 Å². The summed E-state index contributed by atoms with van der Waals surface area (Å²) in [4.78, 5) is 6.24. The Morgan fingerprint density at radius 2 is 2.20 bits per heavy atom. The number of piperidine rings is 1. The fourth-order valence-corrected chi connectivity index (χ4v) is 7.18. The summed E-state index contributed by atoms with van der Waals surface area (Å²) >= 11 is 2.92. The smallest absolute Gasteiger partial charge is 0.244 e. The first-order valence-electron chi connectivity index (χ1n) is 8.00. The fraction of sp³-hybridized carbons (Fsp3) is 0.375. The average Bonchev–Trinajstić information content (AvgIpc) is 3.36. The second-order valence-electron chi connectivity index (χ2n) is 5.91. The lowest BCUT2D eigenvalue weighted by molar-refractivity contribution is 0.255. The molecule has 0 radical (unpaired) electrons. The predicted octanol–water partition coefficient (Wildman–Crippen LogP) is 4.08. The zero-order chi connectivity index (χ0) is 17.4. The van der Waals surface area contributed by atoms with Crippen LogP contribution in [0.1, 0.15) is 35.2 Å². The highest BCUT2D eigenvalue weighted by Gasteiger charge is 2.37. The molecule has 1 saturated heterocycles. The summed E-state index contributed by atoms with van der Waals surface area (Å²) in [5.74, 6) is 0.588. The van der Waals surface area contributed by atoms with Crippen LogP contribution in [0.3, 0.4) is 0 Å². The second kappa shape index (κ2) is 6.64. The first kappa shape index (κ1) is 16.9. The van der Waals surface area contributed by atoms with Gasteiger partial charge in [0.2, 0.25) is 10.0 Å². The highest BCUT2D eigenvalue weighted by atomic mass is 32.2. The van der Waals surface area contributed by atoms with E-state index in [0.29, 0.717) is 17.2 Å². The van der Waals surface area contributed by atoms with Crippen molar-refractivity contribution in [2.24, 2.45) is 0 Å². The van der Waals surface area contributed by atoms with Crippen molar-refractivity contribution in [2.75, 3.05) is 6.54 Å². The van der Waals surface area contributed by atoms with Crippen LogP contribution in [0.5, 0.6) is 0 Å². The molecule has 0 aromatic carbocycles. The number of nitrogens with zero attached hydrogens (tertiary/aromatic N) is 3. The number of thiophene rings is 1. The first-order chi connectivity index (χ1) is 12.1. The van der Waals surface area contributed by atoms with Crippen LogP contribution in [0.15, 0.2) is 39.3 Å². The Morgan fingerprint density at radius 3 is 2.92 bits per heavy atom. The molecule has 6 nitrogen and oxygen atoms in total. The standard InChI is InChI=1S/C16H17N3O3S3/c1-11-15(10-14(24-11)13-5-6-18-22-13)25(20,21)19-8-3-2-4-12(19)16-17-7-9-23-16/h5-7,9-10,12H,2-4,8H2,1H3. The van der Waals surface area contributed by atoms with Crippen LogP contribution in [-0.2, 0) is 10.0 Å². The summed E-state index contributed by atoms with van der Waals surface area (Å²) in [5, 5.41) is 6.46. The van der Waals surface area contributed by atoms with E-state index in [1.165, 1.54) is 22.7 Å². The maximum atomic E-state index is 13.4. The van der Waals surface area contributed by atoms with Crippen molar-refractivity contribution >= 4 is 32.7 Å². The Balaban J connectivity index is 1.73. The lowest BCUT2D eigenvalue weighted by Gasteiger charge is -2.33. The number of aryl methyl sites for hydroxylation is 1. The molecule has 0 bridgehead atoms. The number of thiazole rings is 1. The third-order valence-corrected chi connectivity index (χ3v) is 8.44. The van der Waals surface area contributed by atoms with Crippen molar-refractivity contribution in [1.29, 1.82) is 0 Å². The lowest BCUT2D eigenvalue weighted by atomic mass is 10.1. The van der Waals surface area contributed by atoms with E-state index in [2.05, 4.69) is 10.1 Å². The van der Waals surface area contributed by atoms with Crippen molar-refractivity contribution < 1.29 is 12.9 Å². The Labute approximate surface area is 154 Å². The number of hydrogen-bond donors (Lipinski definition) is 0. The van der Waals surface area contributed by atoms with E-state index in [0.717, 1.165) is 34.0 Å². The molecular weight excluding hydrogens is 378 g/mol. The molecule has 0 aliphatic carbocycles. The molecule has 0 N–H and O–H groups in total. The minimum atomic E-state index is -3.59. The summed E-state index contributed by atoms with van der Waals surface area (Å²) in [5.41, 5.74) is 0. The summed E-state index contributed by atoms with van der Waals surface area (Å²) in [7, 11) is -3.59. The fourth-order valence-electron chi connectivity index (χ4n) is 3.15. The Morgan fingerprint density at radius 1 is 1.32 bits per heavy atom. The van der Waals surface area contributed by atoms with Gasteiger partial charge >= 0.3 is 0 Å². The van der Waals surface area contributed by atoms with Crippen molar-refractivity contribution in [3.05, 3.63) is 39.8 Å². The van der Waals surface area contributed by atoms with Crippen LogP contribution in [-0.4, -0.2) is 29.4 Å². The van der Waals surface area contributed by atoms with Crippen LogP contribution in [0.2, 0.25) is 0 Å². The van der Waals surface area contributed by atoms with Crippen LogP contribution in [0.25, 0.3) is 10.6 Å².